The van der Waals surface area contributed by atoms with Crippen LogP contribution in [0.4, 0.5) is 5.69 Å². The van der Waals surface area contributed by atoms with E-state index >= 15 is 0 Å². The van der Waals surface area contributed by atoms with Gasteiger partial charge in [-0.05, 0) is 41.4 Å². The molecule has 2 N–H and O–H groups in total. The molecule has 1 aromatic carbocycles. The summed E-state index contributed by atoms with van der Waals surface area (Å²) in [5.41, 5.74) is -0.806. The lowest BCUT2D eigenvalue weighted by Crippen LogP contribution is -2.41. The normalized spacial score (nSPS) is 13.7. The fourth-order valence-corrected chi connectivity index (χ4v) is 2.84. The molecule has 0 saturated heterocycles. The maximum absolute atomic E-state index is 12.2. The molecule has 0 aliphatic rings. The maximum atomic E-state index is 12.2. The van der Waals surface area contributed by atoms with Crippen LogP contribution in [0.15, 0.2) is 21.1 Å². The highest BCUT2D eigenvalue weighted by molar-refractivity contribution is 9.11. The molecule has 1 unspecified atom stereocenters. The third-order valence-corrected chi connectivity index (χ3v) is 4.21. The fraction of sp³-hybridized carbons (Fsp3) is 0.385. The van der Waals surface area contributed by atoms with Crippen molar-refractivity contribution in [1.82, 2.24) is 0 Å². The van der Waals surface area contributed by atoms with E-state index in [1.54, 1.807) is 13.0 Å². The molecule has 0 fully saturated rings. The molecule has 7 heteroatoms. The van der Waals surface area contributed by atoms with Crippen LogP contribution in [0, 0.1) is 0 Å². The van der Waals surface area contributed by atoms with E-state index < -0.39 is 17.5 Å². The van der Waals surface area contributed by atoms with Crippen LogP contribution < -0.4 is 5.32 Å². The van der Waals surface area contributed by atoms with Crippen LogP contribution in [-0.4, -0.2) is 29.7 Å². The second kappa shape index (κ2) is 6.69. The first kappa shape index (κ1) is 17.1. The summed E-state index contributed by atoms with van der Waals surface area (Å²) in [5, 5.41) is 11.8. The lowest BCUT2D eigenvalue weighted by molar-refractivity contribution is -0.136. The van der Waals surface area contributed by atoms with Crippen LogP contribution in [0.1, 0.15) is 30.6 Å². The molecule has 0 aliphatic heterocycles. The number of nitrogens with one attached hydrogen (secondary N) is 1. The number of rotatable bonds is 5. The van der Waals surface area contributed by atoms with Crippen molar-refractivity contribution in [3.05, 3.63) is 26.6 Å². The number of carboxylic acids is 1. The first-order valence-corrected chi connectivity index (χ1v) is 7.42. The molecule has 0 aromatic heterocycles. The molecular weight excluding hydrogens is 394 g/mol. The fourth-order valence-electron chi connectivity index (χ4n) is 1.51. The molecule has 0 spiro atoms. The number of hydrogen-bond donors (Lipinski definition) is 2. The Balaban J connectivity index is 3.22. The zero-order valence-electron chi connectivity index (χ0n) is 11.3. The number of halogens is 2. The molecule has 1 amide bonds. The minimum atomic E-state index is -1.13. The van der Waals surface area contributed by atoms with Gasteiger partial charge in [0.15, 0.2) is 0 Å². The average Bonchev–Trinajstić information content (AvgIpc) is 2.39. The Labute approximate surface area is 134 Å². The number of anilines is 1. The second-order valence-electron chi connectivity index (χ2n) is 4.36. The van der Waals surface area contributed by atoms with Crippen molar-refractivity contribution in [3.8, 4) is 0 Å². The van der Waals surface area contributed by atoms with Crippen LogP contribution >= 0.6 is 31.9 Å². The highest BCUT2D eigenvalue weighted by Crippen LogP contribution is 2.32. The van der Waals surface area contributed by atoms with Crippen molar-refractivity contribution in [3.63, 3.8) is 0 Å². The molecule has 1 rings (SSSR count). The summed E-state index contributed by atoms with van der Waals surface area (Å²) in [4.78, 5) is 23.5. The van der Waals surface area contributed by atoms with Gasteiger partial charge in [-0.2, -0.15) is 0 Å². The first-order chi connectivity index (χ1) is 9.25. The van der Waals surface area contributed by atoms with Crippen molar-refractivity contribution in [1.29, 1.82) is 0 Å². The Hall–Kier alpha value is -0.920. The van der Waals surface area contributed by atoms with Crippen molar-refractivity contribution in [2.45, 2.75) is 25.9 Å². The summed E-state index contributed by atoms with van der Waals surface area (Å²) in [6.07, 6.45) is 0.464. The molecule has 1 aromatic rings. The Morgan fingerprint density at radius 1 is 1.40 bits per heavy atom. The van der Waals surface area contributed by atoms with E-state index in [0.717, 1.165) is 0 Å². The predicted molar refractivity (Wildman–Crippen MR) is 83.1 cm³/mol. The molecule has 0 saturated carbocycles. The largest absolute Gasteiger partial charge is 0.478 e. The number of hydrogen-bond acceptors (Lipinski definition) is 3. The van der Waals surface area contributed by atoms with Gasteiger partial charge in [0.05, 0.1) is 11.3 Å². The zero-order chi connectivity index (χ0) is 15.5. The quantitative estimate of drug-likeness (QED) is 0.779. The highest BCUT2D eigenvalue weighted by atomic mass is 79.9. The van der Waals surface area contributed by atoms with Crippen LogP contribution in [0.2, 0.25) is 0 Å². The van der Waals surface area contributed by atoms with E-state index in [1.165, 1.54) is 13.2 Å². The molecule has 1 atom stereocenters. The Bertz CT molecular complexity index is 541. The van der Waals surface area contributed by atoms with Crippen molar-refractivity contribution < 1.29 is 19.4 Å². The van der Waals surface area contributed by atoms with E-state index in [0.29, 0.717) is 15.4 Å². The van der Waals surface area contributed by atoms with Gasteiger partial charge in [-0.3, -0.25) is 4.79 Å². The van der Waals surface area contributed by atoms with Gasteiger partial charge < -0.3 is 15.2 Å². The van der Waals surface area contributed by atoms with Gasteiger partial charge >= 0.3 is 5.97 Å². The molecule has 0 bridgehead atoms. The Kier molecular flexibility index (Phi) is 5.73. The molecular formula is C13H15Br2NO4. The van der Waals surface area contributed by atoms with E-state index in [9.17, 15) is 14.7 Å². The number of benzene rings is 1. The second-order valence-corrected chi connectivity index (χ2v) is 6.13. The van der Waals surface area contributed by atoms with Gasteiger partial charge in [-0.25, -0.2) is 4.79 Å². The molecule has 110 valence electrons. The van der Waals surface area contributed by atoms with Crippen LogP contribution in [0.5, 0.6) is 0 Å². The summed E-state index contributed by atoms with van der Waals surface area (Å²) in [6.45, 7) is 3.47. The summed E-state index contributed by atoms with van der Waals surface area (Å²) in [5.74, 6) is -1.52. The van der Waals surface area contributed by atoms with Crippen LogP contribution in [0.25, 0.3) is 0 Å². The lowest BCUT2D eigenvalue weighted by Gasteiger charge is -2.26. The third kappa shape index (κ3) is 3.59. The number of amides is 1. The topological polar surface area (TPSA) is 75.6 Å². The molecule has 0 radical (unpaired) electrons. The number of carbonyl (C=O) groups excluding carboxylic acids is 1. The number of carboxylic acid groups (broad SMARTS) is 1. The smallest absolute Gasteiger partial charge is 0.337 e. The minimum Gasteiger partial charge on any atom is -0.478 e. The summed E-state index contributed by atoms with van der Waals surface area (Å²) in [7, 11) is 1.44. The number of methoxy groups -OCH3 is 1. The van der Waals surface area contributed by atoms with Gasteiger partial charge in [-0.1, -0.05) is 22.9 Å². The standard InChI is InChI=1S/C13H15Br2NO4/c1-4-13(2,20-3)12(19)16-10-8(11(17)18)5-7(14)6-9(10)15/h5-6H,4H2,1-3H3,(H,16,19)(H,17,18). The summed E-state index contributed by atoms with van der Waals surface area (Å²) >= 11 is 6.47. The lowest BCUT2D eigenvalue weighted by atomic mass is 10.0. The zero-order valence-corrected chi connectivity index (χ0v) is 14.5. The van der Waals surface area contributed by atoms with Gasteiger partial charge in [0.2, 0.25) is 0 Å². The summed E-state index contributed by atoms with van der Waals surface area (Å²) < 4.78 is 6.28. The van der Waals surface area contributed by atoms with Crippen molar-refractivity contribution in [2.75, 3.05) is 12.4 Å². The predicted octanol–water partition coefficient (Wildman–Crippen LogP) is 3.66. The number of carbonyl (C=O) groups is 2. The SMILES string of the molecule is CCC(C)(OC)C(=O)Nc1c(Br)cc(Br)cc1C(=O)O. The number of aromatic carboxylic acids is 1. The summed E-state index contributed by atoms with van der Waals surface area (Å²) in [6, 6.07) is 3.09. The monoisotopic (exact) mass is 407 g/mol. The van der Waals surface area contributed by atoms with Crippen LogP contribution in [0.3, 0.4) is 0 Å². The van der Waals surface area contributed by atoms with Crippen molar-refractivity contribution in [2.24, 2.45) is 0 Å². The van der Waals surface area contributed by atoms with E-state index in [-0.39, 0.29) is 11.3 Å². The van der Waals surface area contributed by atoms with Gasteiger partial charge in [0.25, 0.3) is 5.91 Å². The third-order valence-electron chi connectivity index (χ3n) is 3.13. The minimum absolute atomic E-state index is 0.00541. The Morgan fingerprint density at radius 2 is 2.00 bits per heavy atom. The molecule has 0 heterocycles. The van der Waals surface area contributed by atoms with E-state index in [1.807, 2.05) is 6.92 Å². The maximum Gasteiger partial charge on any atom is 0.337 e. The molecule has 5 nitrogen and oxygen atoms in total. The van der Waals surface area contributed by atoms with E-state index in [4.69, 9.17) is 4.74 Å². The number of ether oxygens (including phenoxy) is 1. The molecule has 20 heavy (non-hydrogen) atoms. The average molecular weight is 409 g/mol. The van der Waals surface area contributed by atoms with Crippen molar-refractivity contribution >= 4 is 49.4 Å². The van der Waals surface area contributed by atoms with Crippen LogP contribution in [-0.2, 0) is 9.53 Å². The first-order valence-electron chi connectivity index (χ1n) is 5.84. The van der Waals surface area contributed by atoms with Gasteiger partial charge in [0, 0.05) is 16.1 Å². The van der Waals surface area contributed by atoms with E-state index in [2.05, 4.69) is 37.2 Å². The molecule has 0 aliphatic carbocycles. The van der Waals surface area contributed by atoms with Gasteiger partial charge in [-0.15, -0.1) is 0 Å². The highest BCUT2D eigenvalue weighted by Gasteiger charge is 2.32. The Morgan fingerprint density at radius 3 is 2.45 bits per heavy atom. The van der Waals surface area contributed by atoms with Gasteiger partial charge in [0.1, 0.15) is 5.60 Å².